The Morgan fingerprint density at radius 1 is 1.33 bits per heavy atom. The molecule has 18 heavy (non-hydrogen) atoms. The van der Waals surface area contributed by atoms with Crippen LogP contribution in [0.4, 0.5) is 4.39 Å². The van der Waals surface area contributed by atoms with E-state index in [1.54, 1.807) is 20.8 Å². The monoisotopic (exact) mass is 253 g/mol. The Morgan fingerprint density at radius 3 is 2.39 bits per heavy atom. The van der Waals surface area contributed by atoms with Crippen molar-refractivity contribution in [2.45, 2.75) is 26.8 Å². The third kappa shape index (κ3) is 3.29. The van der Waals surface area contributed by atoms with Crippen molar-refractivity contribution in [3.63, 3.8) is 0 Å². The van der Waals surface area contributed by atoms with Gasteiger partial charge in [0.05, 0.1) is 0 Å². The molecular formula is C13H16FNO3. The molecule has 0 radical (unpaired) electrons. The van der Waals surface area contributed by atoms with Gasteiger partial charge in [0.25, 0.3) is 5.91 Å². The van der Waals surface area contributed by atoms with E-state index in [-0.39, 0.29) is 11.5 Å². The summed E-state index contributed by atoms with van der Waals surface area (Å²) in [6.07, 6.45) is 0. The second-order valence-corrected chi connectivity index (χ2v) is 4.50. The SMILES string of the molecule is Cc1cc(C(=O)N[C@@H](C(=O)O)C(C)C)ccc1F. The molecule has 0 fully saturated rings. The van der Waals surface area contributed by atoms with Gasteiger partial charge in [0.15, 0.2) is 0 Å². The zero-order valence-corrected chi connectivity index (χ0v) is 10.5. The second kappa shape index (κ2) is 5.62. The minimum Gasteiger partial charge on any atom is -0.480 e. The fourth-order valence-electron chi connectivity index (χ4n) is 1.52. The van der Waals surface area contributed by atoms with Gasteiger partial charge in [-0.25, -0.2) is 9.18 Å². The Balaban J connectivity index is 2.87. The van der Waals surface area contributed by atoms with Crippen LogP contribution >= 0.6 is 0 Å². The number of amides is 1. The average molecular weight is 253 g/mol. The number of benzene rings is 1. The summed E-state index contributed by atoms with van der Waals surface area (Å²) >= 11 is 0. The summed E-state index contributed by atoms with van der Waals surface area (Å²) < 4.78 is 13.1. The fourth-order valence-corrected chi connectivity index (χ4v) is 1.52. The maximum Gasteiger partial charge on any atom is 0.326 e. The van der Waals surface area contributed by atoms with Crippen LogP contribution in [0.1, 0.15) is 29.8 Å². The summed E-state index contributed by atoms with van der Waals surface area (Å²) in [5.41, 5.74) is 0.597. The molecule has 1 amide bonds. The topological polar surface area (TPSA) is 66.4 Å². The highest BCUT2D eigenvalue weighted by Crippen LogP contribution is 2.10. The molecule has 0 saturated carbocycles. The molecule has 98 valence electrons. The van der Waals surface area contributed by atoms with Gasteiger partial charge < -0.3 is 10.4 Å². The smallest absolute Gasteiger partial charge is 0.326 e. The number of aliphatic carboxylic acids is 1. The van der Waals surface area contributed by atoms with Crippen LogP contribution in [-0.4, -0.2) is 23.0 Å². The van der Waals surface area contributed by atoms with Crippen LogP contribution in [0.3, 0.4) is 0 Å². The van der Waals surface area contributed by atoms with Crippen molar-refractivity contribution >= 4 is 11.9 Å². The highest BCUT2D eigenvalue weighted by atomic mass is 19.1. The van der Waals surface area contributed by atoms with Crippen molar-refractivity contribution in [2.24, 2.45) is 5.92 Å². The molecule has 5 heteroatoms. The van der Waals surface area contributed by atoms with Crippen molar-refractivity contribution in [3.8, 4) is 0 Å². The van der Waals surface area contributed by atoms with Crippen LogP contribution < -0.4 is 5.32 Å². The largest absolute Gasteiger partial charge is 0.480 e. The molecule has 0 heterocycles. The molecule has 0 spiro atoms. The molecule has 0 aromatic heterocycles. The predicted molar refractivity (Wildman–Crippen MR) is 64.9 cm³/mol. The van der Waals surface area contributed by atoms with E-state index in [4.69, 9.17) is 5.11 Å². The van der Waals surface area contributed by atoms with Crippen LogP contribution in [0.15, 0.2) is 18.2 Å². The molecule has 0 aliphatic heterocycles. The standard InChI is InChI=1S/C13H16FNO3/c1-7(2)11(13(17)18)15-12(16)9-4-5-10(14)8(3)6-9/h4-7,11H,1-3H3,(H,15,16)(H,17,18)/t11-/m1/s1. The zero-order valence-electron chi connectivity index (χ0n) is 10.5. The summed E-state index contributed by atoms with van der Waals surface area (Å²) in [6.45, 7) is 4.95. The average Bonchev–Trinajstić information content (AvgIpc) is 2.28. The van der Waals surface area contributed by atoms with Gasteiger partial charge >= 0.3 is 5.97 Å². The molecule has 1 aromatic rings. The summed E-state index contributed by atoms with van der Waals surface area (Å²) in [7, 11) is 0. The van der Waals surface area contributed by atoms with Crippen molar-refractivity contribution in [3.05, 3.63) is 35.1 Å². The first-order chi connectivity index (χ1) is 8.32. The molecule has 4 nitrogen and oxygen atoms in total. The summed E-state index contributed by atoms with van der Waals surface area (Å²) in [5, 5.41) is 11.4. The minimum absolute atomic E-state index is 0.229. The van der Waals surface area contributed by atoms with Gasteiger partial charge in [0.2, 0.25) is 0 Å². The Hall–Kier alpha value is -1.91. The van der Waals surface area contributed by atoms with Crippen LogP contribution in [0, 0.1) is 18.7 Å². The number of hydrogen-bond donors (Lipinski definition) is 2. The summed E-state index contributed by atoms with van der Waals surface area (Å²) in [4.78, 5) is 22.8. The van der Waals surface area contributed by atoms with Gasteiger partial charge in [-0.2, -0.15) is 0 Å². The van der Waals surface area contributed by atoms with Crippen LogP contribution in [-0.2, 0) is 4.79 Å². The van der Waals surface area contributed by atoms with E-state index in [0.717, 1.165) is 0 Å². The van der Waals surface area contributed by atoms with E-state index in [0.29, 0.717) is 5.56 Å². The van der Waals surface area contributed by atoms with E-state index in [1.165, 1.54) is 18.2 Å². The molecule has 0 unspecified atom stereocenters. The third-order valence-corrected chi connectivity index (χ3v) is 2.64. The Kier molecular flexibility index (Phi) is 4.42. The van der Waals surface area contributed by atoms with Gasteiger partial charge in [-0.1, -0.05) is 13.8 Å². The van der Waals surface area contributed by atoms with Crippen molar-refractivity contribution in [1.82, 2.24) is 5.32 Å². The van der Waals surface area contributed by atoms with Crippen molar-refractivity contribution < 1.29 is 19.1 Å². The molecule has 0 aliphatic carbocycles. The first-order valence-corrected chi connectivity index (χ1v) is 5.62. The van der Waals surface area contributed by atoms with Crippen LogP contribution in [0.2, 0.25) is 0 Å². The normalized spacial score (nSPS) is 12.3. The lowest BCUT2D eigenvalue weighted by Crippen LogP contribution is -2.44. The predicted octanol–water partition coefficient (Wildman–Crippen LogP) is 1.97. The van der Waals surface area contributed by atoms with E-state index < -0.39 is 23.7 Å². The first-order valence-electron chi connectivity index (χ1n) is 5.62. The first kappa shape index (κ1) is 14.2. The zero-order chi connectivity index (χ0) is 13.9. The maximum atomic E-state index is 13.1. The summed E-state index contributed by atoms with van der Waals surface area (Å²) in [6, 6.07) is 2.96. The molecule has 1 atom stereocenters. The van der Waals surface area contributed by atoms with Crippen molar-refractivity contribution in [2.75, 3.05) is 0 Å². The van der Waals surface area contributed by atoms with Crippen LogP contribution in [0.5, 0.6) is 0 Å². The number of carbonyl (C=O) groups is 2. The van der Waals surface area contributed by atoms with E-state index >= 15 is 0 Å². The Bertz CT molecular complexity index is 471. The molecule has 0 aliphatic rings. The second-order valence-electron chi connectivity index (χ2n) is 4.50. The quantitative estimate of drug-likeness (QED) is 0.862. The number of nitrogens with one attached hydrogen (secondary N) is 1. The lowest BCUT2D eigenvalue weighted by molar-refractivity contribution is -0.140. The van der Waals surface area contributed by atoms with Crippen LogP contribution in [0.25, 0.3) is 0 Å². The number of hydrogen-bond acceptors (Lipinski definition) is 2. The molecule has 1 rings (SSSR count). The van der Waals surface area contributed by atoms with Gasteiger partial charge in [-0.3, -0.25) is 4.79 Å². The third-order valence-electron chi connectivity index (χ3n) is 2.64. The summed E-state index contributed by atoms with van der Waals surface area (Å²) in [5.74, 6) is -2.23. The molecule has 0 bridgehead atoms. The lowest BCUT2D eigenvalue weighted by Gasteiger charge is -2.18. The Labute approximate surface area is 105 Å². The number of carboxylic acid groups (broad SMARTS) is 1. The van der Waals surface area contributed by atoms with Gasteiger partial charge in [-0.05, 0) is 36.6 Å². The molecule has 0 saturated heterocycles. The van der Waals surface area contributed by atoms with Gasteiger partial charge in [0, 0.05) is 5.56 Å². The van der Waals surface area contributed by atoms with E-state index in [9.17, 15) is 14.0 Å². The van der Waals surface area contributed by atoms with Gasteiger partial charge in [-0.15, -0.1) is 0 Å². The van der Waals surface area contributed by atoms with E-state index in [2.05, 4.69) is 5.32 Å². The maximum absolute atomic E-state index is 13.1. The molecular weight excluding hydrogens is 237 g/mol. The molecule has 1 aromatic carbocycles. The number of aryl methyl sites for hydroxylation is 1. The lowest BCUT2D eigenvalue weighted by atomic mass is 10.0. The number of carbonyl (C=O) groups excluding carboxylic acids is 1. The van der Waals surface area contributed by atoms with Gasteiger partial charge in [0.1, 0.15) is 11.9 Å². The fraction of sp³-hybridized carbons (Fsp3) is 0.385. The molecule has 2 N–H and O–H groups in total. The van der Waals surface area contributed by atoms with E-state index in [1.807, 2.05) is 0 Å². The highest BCUT2D eigenvalue weighted by Gasteiger charge is 2.24. The minimum atomic E-state index is -1.09. The number of rotatable bonds is 4. The number of carboxylic acids is 1. The number of halogens is 1. The Morgan fingerprint density at radius 2 is 1.94 bits per heavy atom. The van der Waals surface area contributed by atoms with Crippen molar-refractivity contribution in [1.29, 1.82) is 0 Å². The highest BCUT2D eigenvalue weighted by molar-refractivity contribution is 5.96.